The Balaban J connectivity index is 1.98. The summed E-state index contributed by atoms with van der Waals surface area (Å²) in [5.41, 5.74) is 1.83. The average Bonchev–Trinajstić information content (AvgIpc) is 2.83. The molecule has 3 nitrogen and oxygen atoms in total. The monoisotopic (exact) mass is 316 g/mol. The highest BCUT2D eigenvalue weighted by Crippen LogP contribution is 2.21. The quantitative estimate of drug-likeness (QED) is 0.838. The minimum absolute atomic E-state index is 0.259. The maximum absolute atomic E-state index is 12.0. The first-order valence-electron chi connectivity index (χ1n) is 6.26. The Morgan fingerprint density at radius 1 is 1.05 bits per heavy atom. The van der Waals surface area contributed by atoms with E-state index in [1.807, 2.05) is 30.3 Å². The Hall–Kier alpha value is -2.10. The maximum atomic E-state index is 12.0. The Morgan fingerprint density at radius 2 is 1.86 bits per heavy atom. The molecular formula is C16H10Cl2N2O. The molecule has 3 rings (SSSR count). The van der Waals surface area contributed by atoms with Gasteiger partial charge in [-0.25, -0.2) is 4.99 Å². The van der Waals surface area contributed by atoms with Crippen molar-refractivity contribution in [3.63, 3.8) is 0 Å². The number of carbonyl (C=O) groups is 1. The van der Waals surface area contributed by atoms with E-state index < -0.39 is 0 Å². The van der Waals surface area contributed by atoms with Gasteiger partial charge in [0.25, 0.3) is 5.91 Å². The molecule has 0 bridgehead atoms. The number of amides is 1. The van der Waals surface area contributed by atoms with Gasteiger partial charge in [-0.3, -0.25) is 4.79 Å². The molecule has 0 unspecified atom stereocenters. The first-order valence-corrected chi connectivity index (χ1v) is 7.01. The zero-order valence-corrected chi connectivity index (χ0v) is 12.3. The zero-order chi connectivity index (χ0) is 14.8. The third kappa shape index (κ3) is 2.99. The number of benzene rings is 2. The lowest BCUT2D eigenvalue weighted by Gasteiger charge is -2.00. The second-order valence-corrected chi connectivity index (χ2v) is 5.32. The summed E-state index contributed by atoms with van der Waals surface area (Å²) in [4.78, 5) is 16.3. The van der Waals surface area contributed by atoms with Gasteiger partial charge < -0.3 is 5.32 Å². The van der Waals surface area contributed by atoms with Crippen LogP contribution in [-0.4, -0.2) is 11.7 Å². The van der Waals surface area contributed by atoms with Crippen LogP contribution < -0.4 is 5.32 Å². The topological polar surface area (TPSA) is 41.5 Å². The Morgan fingerprint density at radius 3 is 2.62 bits per heavy atom. The molecule has 2 aromatic carbocycles. The van der Waals surface area contributed by atoms with Crippen molar-refractivity contribution in [2.24, 2.45) is 4.99 Å². The minimum Gasteiger partial charge on any atom is -0.305 e. The van der Waals surface area contributed by atoms with Gasteiger partial charge in [-0.15, -0.1) is 0 Å². The summed E-state index contributed by atoms with van der Waals surface area (Å²) in [5.74, 6) is 0.227. The molecule has 2 aromatic rings. The van der Waals surface area contributed by atoms with Gasteiger partial charge in [0.15, 0.2) is 0 Å². The van der Waals surface area contributed by atoms with Gasteiger partial charge in [-0.2, -0.15) is 0 Å². The predicted octanol–water partition coefficient (Wildman–Crippen LogP) is 3.91. The van der Waals surface area contributed by atoms with Crippen LogP contribution in [0.25, 0.3) is 6.08 Å². The number of halogens is 2. The fourth-order valence-electron chi connectivity index (χ4n) is 1.98. The number of rotatable bonds is 2. The molecule has 0 radical (unpaired) electrons. The lowest BCUT2D eigenvalue weighted by atomic mass is 10.2. The highest BCUT2D eigenvalue weighted by Gasteiger charge is 2.21. The van der Waals surface area contributed by atoms with Crippen LogP contribution in [0.15, 0.2) is 59.2 Å². The molecule has 21 heavy (non-hydrogen) atoms. The molecule has 5 heteroatoms. The number of nitrogens with zero attached hydrogens (tertiary/aromatic N) is 1. The molecule has 0 fully saturated rings. The molecule has 1 amide bonds. The third-order valence-electron chi connectivity index (χ3n) is 2.99. The van der Waals surface area contributed by atoms with Crippen molar-refractivity contribution in [2.75, 3.05) is 0 Å². The van der Waals surface area contributed by atoms with E-state index in [-0.39, 0.29) is 5.91 Å². The molecule has 0 atom stereocenters. The number of carbonyl (C=O) groups excluding carboxylic acids is 1. The molecule has 0 aliphatic carbocycles. The molecule has 104 valence electrons. The van der Waals surface area contributed by atoms with Crippen LogP contribution in [0.4, 0.5) is 0 Å². The Labute approximate surface area is 131 Å². The molecule has 1 aliphatic rings. The van der Waals surface area contributed by atoms with Crippen LogP contribution in [-0.2, 0) is 4.79 Å². The summed E-state index contributed by atoms with van der Waals surface area (Å²) in [5, 5.41) is 3.89. The molecule has 1 heterocycles. The Kier molecular flexibility index (Phi) is 3.78. The molecule has 0 saturated carbocycles. The van der Waals surface area contributed by atoms with Crippen LogP contribution in [0.5, 0.6) is 0 Å². The van der Waals surface area contributed by atoms with E-state index in [0.29, 0.717) is 21.6 Å². The number of hydrogen-bond acceptors (Lipinski definition) is 2. The lowest BCUT2D eigenvalue weighted by Crippen LogP contribution is -2.24. The fraction of sp³-hybridized carbons (Fsp3) is 0. The number of nitrogens with one attached hydrogen (secondary N) is 1. The van der Waals surface area contributed by atoms with Crippen molar-refractivity contribution in [1.82, 2.24) is 5.32 Å². The van der Waals surface area contributed by atoms with Crippen LogP contribution >= 0.6 is 23.2 Å². The van der Waals surface area contributed by atoms with E-state index in [4.69, 9.17) is 23.2 Å². The summed E-state index contributed by atoms with van der Waals surface area (Å²) >= 11 is 12.0. The van der Waals surface area contributed by atoms with E-state index in [1.54, 1.807) is 24.3 Å². The van der Waals surface area contributed by atoms with Crippen molar-refractivity contribution >= 4 is 41.0 Å². The zero-order valence-electron chi connectivity index (χ0n) is 10.8. The summed E-state index contributed by atoms with van der Waals surface area (Å²) in [6.45, 7) is 0. The van der Waals surface area contributed by atoms with Crippen LogP contribution in [0, 0.1) is 0 Å². The van der Waals surface area contributed by atoms with Gasteiger partial charge in [-0.05, 0) is 29.8 Å². The number of aliphatic imine (C=N–C) groups is 1. The van der Waals surface area contributed by atoms with E-state index in [0.717, 1.165) is 11.1 Å². The van der Waals surface area contributed by atoms with Crippen LogP contribution in [0.1, 0.15) is 11.1 Å². The largest absolute Gasteiger partial charge is 0.305 e. The first kappa shape index (κ1) is 13.9. The second kappa shape index (κ2) is 5.72. The van der Waals surface area contributed by atoms with Crippen molar-refractivity contribution in [3.8, 4) is 0 Å². The van der Waals surface area contributed by atoms with Crippen molar-refractivity contribution in [1.29, 1.82) is 0 Å². The lowest BCUT2D eigenvalue weighted by molar-refractivity contribution is -0.115. The van der Waals surface area contributed by atoms with Crippen LogP contribution in [0.2, 0.25) is 10.0 Å². The summed E-state index contributed by atoms with van der Waals surface area (Å²) in [7, 11) is 0. The van der Waals surface area contributed by atoms with Crippen molar-refractivity contribution in [2.45, 2.75) is 0 Å². The van der Waals surface area contributed by atoms with Crippen LogP contribution in [0.3, 0.4) is 0 Å². The molecule has 1 N–H and O–H groups in total. The normalized spacial score (nSPS) is 16.0. The fourth-order valence-corrected chi connectivity index (χ4v) is 2.36. The van der Waals surface area contributed by atoms with Gasteiger partial charge in [0.05, 0.1) is 0 Å². The highest BCUT2D eigenvalue weighted by molar-refractivity contribution is 6.32. The number of hydrogen-bond donors (Lipinski definition) is 1. The predicted molar refractivity (Wildman–Crippen MR) is 85.6 cm³/mol. The first-order chi connectivity index (χ1) is 10.1. The van der Waals surface area contributed by atoms with E-state index in [9.17, 15) is 4.79 Å². The Bertz CT molecular complexity index is 781. The molecule has 0 spiro atoms. The minimum atomic E-state index is -0.259. The second-order valence-electron chi connectivity index (χ2n) is 4.48. The standard InChI is InChI=1S/C16H10Cl2N2O/c17-12-6-3-5-11(8-12)15-19-14(16(21)20-15)9-10-4-1-2-7-13(10)18/h1-9H,(H,19,20,21)/b14-9-. The molecule has 1 aliphatic heterocycles. The van der Waals surface area contributed by atoms with Gasteiger partial charge in [-0.1, -0.05) is 53.5 Å². The summed E-state index contributed by atoms with van der Waals surface area (Å²) in [6, 6.07) is 14.4. The summed E-state index contributed by atoms with van der Waals surface area (Å²) < 4.78 is 0. The highest BCUT2D eigenvalue weighted by atomic mass is 35.5. The SMILES string of the molecule is O=C1NC(c2cccc(Cl)c2)=N/C1=C\c1ccccc1Cl. The van der Waals surface area contributed by atoms with Crippen molar-refractivity contribution in [3.05, 3.63) is 75.4 Å². The van der Waals surface area contributed by atoms with Gasteiger partial charge in [0.2, 0.25) is 0 Å². The average molecular weight is 317 g/mol. The van der Waals surface area contributed by atoms with Gasteiger partial charge >= 0.3 is 0 Å². The molecule has 0 saturated heterocycles. The molecular weight excluding hydrogens is 307 g/mol. The van der Waals surface area contributed by atoms with Gasteiger partial charge in [0.1, 0.15) is 11.5 Å². The van der Waals surface area contributed by atoms with E-state index in [1.165, 1.54) is 0 Å². The van der Waals surface area contributed by atoms with E-state index in [2.05, 4.69) is 10.3 Å². The number of amidine groups is 1. The van der Waals surface area contributed by atoms with E-state index >= 15 is 0 Å². The van der Waals surface area contributed by atoms with Crippen molar-refractivity contribution < 1.29 is 4.79 Å². The smallest absolute Gasteiger partial charge is 0.275 e. The summed E-state index contributed by atoms with van der Waals surface area (Å²) in [6.07, 6.45) is 1.66. The molecule has 0 aromatic heterocycles. The third-order valence-corrected chi connectivity index (χ3v) is 3.57. The van der Waals surface area contributed by atoms with Gasteiger partial charge in [0, 0.05) is 15.6 Å². The maximum Gasteiger partial charge on any atom is 0.275 e.